The Kier molecular flexibility index (Phi) is 4.82. The maximum absolute atomic E-state index is 12.9. The first-order valence-electron chi connectivity index (χ1n) is 9.93. The van der Waals surface area contributed by atoms with E-state index in [0.717, 1.165) is 21.1 Å². The molecule has 1 aromatic carbocycles. The van der Waals surface area contributed by atoms with Gasteiger partial charge in [-0.3, -0.25) is 9.59 Å². The lowest BCUT2D eigenvalue weighted by atomic mass is 9.99. The Hall–Kier alpha value is -3.07. The van der Waals surface area contributed by atoms with Gasteiger partial charge in [0.1, 0.15) is 5.75 Å². The van der Waals surface area contributed by atoms with Crippen LogP contribution in [0.3, 0.4) is 0 Å². The molecule has 2 aliphatic heterocycles. The highest BCUT2D eigenvalue weighted by molar-refractivity contribution is 7.22. The summed E-state index contributed by atoms with van der Waals surface area (Å²) in [5, 5.41) is 0.941. The molecule has 2 saturated heterocycles. The number of carbonyl (C=O) groups excluding carboxylic acids is 2. The average molecular weight is 426 g/mol. The Balaban J connectivity index is 1.15. The van der Waals surface area contributed by atoms with Gasteiger partial charge in [0.05, 0.1) is 29.5 Å². The zero-order valence-corrected chi connectivity index (χ0v) is 17.4. The van der Waals surface area contributed by atoms with Crippen molar-refractivity contribution in [2.75, 3.05) is 51.3 Å². The lowest BCUT2D eigenvalue weighted by Crippen LogP contribution is -2.58. The number of furan rings is 1. The van der Waals surface area contributed by atoms with E-state index in [-0.39, 0.29) is 17.7 Å². The van der Waals surface area contributed by atoms with Crippen LogP contribution in [0.1, 0.15) is 10.6 Å². The lowest BCUT2D eigenvalue weighted by Gasteiger charge is -2.42. The molecule has 3 aromatic rings. The number of nitrogens with zero attached hydrogens (tertiary/aromatic N) is 4. The molecule has 0 N–H and O–H groups in total. The first kappa shape index (κ1) is 18.9. The van der Waals surface area contributed by atoms with E-state index in [1.165, 1.54) is 6.26 Å². The first-order valence-corrected chi connectivity index (χ1v) is 10.7. The minimum absolute atomic E-state index is 0.0149. The van der Waals surface area contributed by atoms with Crippen LogP contribution in [0.2, 0.25) is 0 Å². The van der Waals surface area contributed by atoms with E-state index in [1.807, 2.05) is 23.1 Å². The summed E-state index contributed by atoms with van der Waals surface area (Å²) >= 11 is 1.62. The van der Waals surface area contributed by atoms with Crippen LogP contribution in [-0.2, 0) is 4.79 Å². The molecule has 30 heavy (non-hydrogen) atoms. The van der Waals surface area contributed by atoms with Crippen LogP contribution in [0, 0.1) is 5.92 Å². The Bertz CT molecular complexity index is 1070. The van der Waals surface area contributed by atoms with E-state index >= 15 is 0 Å². The molecule has 8 nitrogen and oxygen atoms in total. The van der Waals surface area contributed by atoms with Crippen LogP contribution in [0.15, 0.2) is 41.0 Å². The highest BCUT2D eigenvalue weighted by atomic mass is 32.1. The number of methoxy groups -OCH3 is 1. The van der Waals surface area contributed by atoms with E-state index in [2.05, 4.69) is 9.88 Å². The molecule has 2 amide bonds. The molecule has 4 heterocycles. The fourth-order valence-corrected chi connectivity index (χ4v) is 4.90. The number of amides is 2. The zero-order chi connectivity index (χ0) is 20.7. The predicted molar refractivity (Wildman–Crippen MR) is 113 cm³/mol. The van der Waals surface area contributed by atoms with Gasteiger partial charge in [-0.15, -0.1) is 0 Å². The van der Waals surface area contributed by atoms with Crippen molar-refractivity contribution in [1.82, 2.24) is 14.8 Å². The van der Waals surface area contributed by atoms with Gasteiger partial charge in [-0.25, -0.2) is 4.98 Å². The number of hydrogen-bond donors (Lipinski definition) is 0. The third-order valence-corrected chi connectivity index (χ3v) is 6.78. The number of thiazole rings is 1. The van der Waals surface area contributed by atoms with Crippen molar-refractivity contribution in [2.24, 2.45) is 5.92 Å². The molecule has 156 valence electrons. The van der Waals surface area contributed by atoms with Crippen molar-refractivity contribution >= 4 is 38.5 Å². The fraction of sp³-hybridized carbons (Fsp3) is 0.381. The summed E-state index contributed by atoms with van der Waals surface area (Å²) in [5.41, 5.74) is 0.947. The third kappa shape index (κ3) is 3.39. The average Bonchev–Trinajstić information content (AvgIpc) is 3.41. The number of ether oxygens (including phenoxy) is 1. The summed E-state index contributed by atoms with van der Waals surface area (Å²) in [7, 11) is 1.65. The topological polar surface area (TPSA) is 79.1 Å². The van der Waals surface area contributed by atoms with E-state index < -0.39 is 0 Å². The summed E-state index contributed by atoms with van der Waals surface area (Å²) < 4.78 is 11.5. The van der Waals surface area contributed by atoms with Crippen LogP contribution < -0.4 is 9.64 Å². The van der Waals surface area contributed by atoms with Gasteiger partial charge in [0.25, 0.3) is 5.91 Å². The number of benzene rings is 1. The highest BCUT2D eigenvalue weighted by Crippen LogP contribution is 2.35. The van der Waals surface area contributed by atoms with Crippen molar-refractivity contribution in [1.29, 1.82) is 0 Å². The van der Waals surface area contributed by atoms with Gasteiger partial charge in [0.2, 0.25) is 5.91 Å². The second-order valence-corrected chi connectivity index (χ2v) is 8.54. The standard InChI is InChI=1S/C21H22N4O4S/c1-28-15-4-5-16-18(11-15)30-21(22-16)25-12-14(13-25)19(26)23-6-8-24(9-7-23)20(27)17-3-2-10-29-17/h2-5,10-11,14H,6-9,12-13H2,1H3. The second-order valence-electron chi connectivity index (χ2n) is 7.53. The third-order valence-electron chi connectivity index (χ3n) is 5.70. The van der Waals surface area contributed by atoms with Gasteiger partial charge in [0.15, 0.2) is 10.9 Å². The van der Waals surface area contributed by atoms with E-state index in [4.69, 9.17) is 9.15 Å². The van der Waals surface area contributed by atoms with Crippen molar-refractivity contribution in [3.63, 3.8) is 0 Å². The summed E-state index contributed by atoms with van der Waals surface area (Å²) in [6, 6.07) is 9.23. The molecular weight excluding hydrogens is 404 g/mol. The van der Waals surface area contributed by atoms with E-state index in [1.54, 1.807) is 35.5 Å². The van der Waals surface area contributed by atoms with Gasteiger partial charge in [-0.2, -0.15) is 0 Å². The van der Waals surface area contributed by atoms with Crippen LogP contribution in [0.4, 0.5) is 5.13 Å². The molecule has 0 atom stereocenters. The highest BCUT2D eigenvalue weighted by Gasteiger charge is 2.38. The Morgan fingerprint density at radius 3 is 2.60 bits per heavy atom. The fourth-order valence-electron chi connectivity index (χ4n) is 3.89. The number of anilines is 1. The summed E-state index contributed by atoms with van der Waals surface area (Å²) in [4.78, 5) is 35.7. The number of hydrogen-bond acceptors (Lipinski definition) is 7. The second kappa shape index (κ2) is 7.64. The normalized spacial score (nSPS) is 17.3. The van der Waals surface area contributed by atoms with Crippen molar-refractivity contribution in [2.45, 2.75) is 0 Å². The van der Waals surface area contributed by atoms with Crippen molar-refractivity contribution < 1.29 is 18.7 Å². The Morgan fingerprint density at radius 2 is 1.90 bits per heavy atom. The monoisotopic (exact) mass is 426 g/mol. The zero-order valence-electron chi connectivity index (χ0n) is 16.6. The molecule has 0 radical (unpaired) electrons. The largest absolute Gasteiger partial charge is 0.497 e. The van der Waals surface area contributed by atoms with E-state index in [0.29, 0.717) is 45.0 Å². The number of piperazine rings is 1. The van der Waals surface area contributed by atoms with Gasteiger partial charge >= 0.3 is 0 Å². The number of rotatable bonds is 4. The van der Waals surface area contributed by atoms with Gasteiger partial charge in [-0.05, 0) is 30.3 Å². The van der Waals surface area contributed by atoms with Crippen LogP contribution >= 0.6 is 11.3 Å². The smallest absolute Gasteiger partial charge is 0.289 e. The predicted octanol–water partition coefficient (Wildman–Crippen LogP) is 2.32. The maximum atomic E-state index is 12.9. The molecular formula is C21H22N4O4S. The van der Waals surface area contributed by atoms with E-state index in [9.17, 15) is 9.59 Å². The quantitative estimate of drug-likeness (QED) is 0.637. The minimum atomic E-state index is -0.116. The molecule has 0 aliphatic carbocycles. The molecule has 2 aliphatic rings. The van der Waals surface area contributed by atoms with Gasteiger partial charge < -0.3 is 23.9 Å². The van der Waals surface area contributed by atoms with Crippen molar-refractivity contribution in [3.05, 3.63) is 42.4 Å². The molecule has 2 fully saturated rings. The lowest BCUT2D eigenvalue weighted by molar-refractivity contribution is -0.137. The van der Waals surface area contributed by atoms with Crippen LogP contribution in [0.25, 0.3) is 10.2 Å². The van der Waals surface area contributed by atoms with Crippen LogP contribution in [-0.4, -0.2) is 73.0 Å². The molecule has 0 saturated carbocycles. The van der Waals surface area contributed by atoms with Gasteiger partial charge in [0, 0.05) is 39.3 Å². The molecule has 2 aromatic heterocycles. The Morgan fingerprint density at radius 1 is 1.13 bits per heavy atom. The number of carbonyl (C=O) groups is 2. The summed E-state index contributed by atoms with van der Waals surface area (Å²) in [6.07, 6.45) is 1.50. The molecule has 0 bridgehead atoms. The minimum Gasteiger partial charge on any atom is -0.497 e. The number of fused-ring (bicyclic) bond motifs is 1. The van der Waals surface area contributed by atoms with Gasteiger partial charge in [-0.1, -0.05) is 11.3 Å². The van der Waals surface area contributed by atoms with Crippen molar-refractivity contribution in [3.8, 4) is 5.75 Å². The van der Waals surface area contributed by atoms with Crippen LogP contribution in [0.5, 0.6) is 5.75 Å². The molecule has 0 spiro atoms. The molecule has 5 rings (SSSR count). The molecule has 9 heteroatoms. The first-order chi connectivity index (χ1) is 14.6. The Labute approximate surface area is 177 Å². The summed E-state index contributed by atoms with van der Waals surface area (Å²) in [5.74, 6) is 1.20. The summed E-state index contributed by atoms with van der Waals surface area (Å²) in [6.45, 7) is 3.54. The maximum Gasteiger partial charge on any atom is 0.289 e. The molecule has 0 unspecified atom stereocenters. The number of aromatic nitrogens is 1. The SMILES string of the molecule is COc1ccc2nc(N3CC(C(=O)N4CCN(C(=O)c5ccco5)CC4)C3)sc2c1.